The largest absolute Gasteiger partial charge is 0.383 e. The molecule has 1 aromatic rings. The number of hydrogen-bond donors (Lipinski definition) is 2. The first-order chi connectivity index (χ1) is 7.69. The first-order valence-electron chi connectivity index (χ1n) is 4.93. The fourth-order valence-corrected chi connectivity index (χ4v) is 1.29. The van der Waals surface area contributed by atoms with E-state index in [9.17, 15) is 4.79 Å². The van der Waals surface area contributed by atoms with Crippen LogP contribution in [0.4, 0.5) is 5.69 Å². The Balaban J connectivity index is 2.67. The van der Waals surface area contributed by atoms with Crippen molar-refractivity contribution in [1.29, 1.82) is 0 Å². The molecule has 88 valence electrons. The maximum absolute atomic E-state index is 11.1. The van der Waals surface area contributed by atoms with E-state index in [0.717, 1.165) is 12.2 Å². The topological polar surface area (TPSA) is 61.8 Å². The zero-order valence-electron chi connectivity index (χ0n) is 9.43. The lowest BCUT2D eigenvalue weighted by Crippen LogP contribution is -2.22. The van der Waals surface area contributed by atoms with Gasteiger partial charge in [-0.05, 0) is 24.3 Å². The number of likely N-dealkylation sites (N-methyl/N-ethyl adjacent to an activating group) is 1. The molecule has 0 radical (unpaired) electrons. The maximum Gasteiger partial charge on any atom is 0.274 e. The van der Waals surface area contributed by atoms with Crippen molar-refractivity contribution < 1.29 is 14.7 Å². The number of carbonyl (C=O) groups is 1. The van der Waals surface area contributed by atoms with Gasteiger partial charge in [0.25, 0.3) is 5.91 Å². The molecule has 0 atom stereocenters. The third-order valence-corrected chi connectivity index (χ3v) is 2.30. The lowest BCUT2D eigenvalue weighted by atomic mass is 10.2. The highest BCUT2D eigenvalue weighted by atomic mass is 16.5. The quantitative estimate of drug-likeness (QED) is 0.576. The van der Waals surface area contributed by atoms with Gasteiger partial charge in [0, 0.05) is 32.0 Å². The number of carbonyl (C=O) groups excluding carboxylic acids is 1. The molecule has 5 heteroatoms. The first kappa shape index (κ1) is 12.5. The van der Waals surface area contributed by atoms with E-state index in [-0.39, 0.29) is 0 Å². The molecule has 0 aliphatic rings. The van der Waals surface area contributed by atoms with E-state index in [4.69, 9.17) is 9.94 Å². The summed E-state index contributed by atoms with van der Waals surface area (Å²) in [6.45, 7) is 1.43. The van der Waals surface area contributed by atoms with Gasteiger partial charge in [0.1, 0.15) is 0 Å². The molecule has 1 rings (SSSR count). The minimum absolute atomic E-state index is 0.423. The van der Waals surface area contributed by atoms with Crippen LogP contribution in [0.2, 0.25) is 0 Å². The number of amides is 1. The molecule has 0 bridgehead atoms. The fraction of sp³-hybridized carbons (Fsp3) is 0.364. The van der Waals surface area contributed by atoms with Crippen LogP contribution in [0.5, 0.6) is 0 Å². The Morgan fingerprint density at radius 2 is 2.06 bits per heavy atom. The standard InChI is InChI=1S/C11H16N2O3/c1-13(7-8-16-2)10-5-3-9(4-6-10)11(14)12-15/h3-6,15H,7-8H2,1-2H3,(H,12,14). The smallest absolute Gasteiger partial charge is 0.274 e. The molecule has 0 heterocycles. The summed E-state index contributed by atoms with van der Waals surface area (Å²) in [5.41, 5.74) is 3.01. The second kappa shape index (κ2) is 6.09. The van der Waals surface area contributed by atoms with Gasteiger partial charge in [0.05, 0.1) is 6.61 Å². The first-order valence-corrected chi connectivity index (χ1v) is 4.93. The summed E-state index contributed by atoms with van der Waals surface area (Å²) in [5.74, 6) is -0.508. The van der Waals surface area contributed by atoms with Crippen molar-refractivity contribution in [1.82, 2.24) is 5.48 Å². The van der Waals surface area contributed by atoms with Crippen LogP contribution in [-0.4, -0.2) is 38.4 Å². The van der Waals surface area contributed by atoms with Crippen molar-refractivity contribution in [2.75, 3.05) is 32.2 Å². The molecule has 0 aliphatic heterocycles. The maximum atomic E-state index is 11.1. The van der Waals surface area contributed by atoms with Crippen molar-refractivity contribution >= 4 is 11.6 Å². The number of anilines is 1. The van der Waals surface area contributed by atoms with Crippen LogP contribution in [0.15, 0.2) is 24.3 Å². The van der Waals surface area contributed by atoms with Gasteiger partial charge in [-0.1, -0.05) is 0 Å². The molecule has 0 aliphatic carbocycles. The molecule has 0 saturated carbocycles. The van der Waals surface area contributed by atoms with Crippen LogP contribution in [0.1, 0.15) is 10.4 Å². The van der Waals surface area contributed by atoms with Crippen LogP contribution in [-0.2, 0) is 4.74 Å². The third kappa shape index (κ3) is 3.22. The number of nitrogens with one attached hydrogen (secondary N) is 1. The van der Waals surface area contributed by atoms with E-state index < -0.39 is 5.91 Å². The van der Waals surface area contributed by atoms with Crippen LogP contribution < -0.4 is 10.4 Å². The number of hydroxylamine groups is 1. The van der Waals surface area contributed by atoms with Gasteiger partial charge in [-0.3, -0.25) is 10.0 Å². The Morgan fingerprint density at radius 3 is 2.56 bits per heavy atom. The Bertz CT molecular complexity index is 338. The van der Waals surface area contributed by atoms with E-state index in [1.165, 1.54) is 0 Å². The normalized spacial score (nSPS) is 9.94. The summed E-state index contributed by atoms with van der Waals surface area (Å²) >= 11 is 0. The van der Waals surface area contributed by atoms with Crippen LogP contribution in [0.3, 0.4) is 0 Å². The summed E-state index contributed by atoms with van der Waals surface area (Å²) in [7, 11) is 3.60. The van der Waals surface area contributed by atoms with Gasteiger partial charge in [-0.2, -0.15) is 0 Å². The highest BCUT2D eigenvalue weighted by molar-refractivity contribution is 5.93. The summed E-state index contributed by atoms with van der Waals surface area (Å²) in [6, 6.07) is 6.95. The van der Waals surface area contributed by atoms with Crippen molar-refractivity contribution in [3.63, 3.8) is 0 Å². The van der Waals surface area contributed by atoms with Gasteiger partial charge in [0.2, 0.25) is 0 Å². The van der Waals surface area contributed by atoms with Crippen LogP contribution >= 0.6 is 0 Å². The Labute approximate surface area is 94.6 Å². The molecule has 0 saturated heterocycles. The van der Waals surface area contributed by atoms with Gasteiger partial charge >= 0.3 is 0 Å². The lowest BCUT2D eigenvalue weighted by Gasteiger charge is -2.18. The molecule has 0 aromatic heterocycles. The summed E-state index contributed by atoms with van der Waals surface area (Å²) in [4.78, 5) is 13.1. The van der Waals surface area contributed by atoms with E-state index in [2.05, 4.69) is 0 Å². The molecule has 1 amide bonds. The Kier molecular flexibility index (Phi) is 4.75. The summed E-state index contributed by atoms with van der Waals surface area (Å²) in [6.07, 6.45) is 0. The lowest BCUT2D eigenvalue weighted by molar-refractivity contribution is 0.0706. The summed E-state index contributed by atoms with van der Waals surface area (Å²) in [5, 5.41) is 8.46. The van der Waals surface area contributed by atoms with Gasteiger partial charge < -0.3 is 9.64 Å². The highest BCUT2D eigenvalue weighted by Gasteiger charge is 2.05. The highest BCUT2D eigenvalue weighted by Crippen LogP contribution is 2.13. The van der Waals surface area contributed by atoms with E-state index >= 15 is 0 Å². The molecular weight excluding hydrogens is 208 g/mol. The Hall–Kier alpha value is -1.59. The number of hydrogen-bond acceptors (Lipinski definition) is 4. The summed E-state index contributed by atoms with van der Waals surface area (Å²) < 4.78 is 4.97. The molecular formula is C11H16N2O3. The van der Waals surface area contributed by atoms with Crippen LogP contribution in [0.25, 0.3) is 0 Å². The number of ether oxygens (including phenoxy) is 1. The SMILES string of the molecule is COCCN(C)c1ccc(C(=O)NO)cc1. The molecule has 5 nitrogen and oxygen atoms in total. The van der Waals surface area contributed by atoms with E-state index in [0.29, 0.717) is 12.2 Å². The molecule has 1 aromatic carbocycles. The minimum Gasteiger partial charge on any atom is -0.383 e. The third-order valence-electron chi connectivity index (χ3n) is 2.30. The fourth-order valence-electron chi connectivity index (χ4n) is 1.29. The molecule has 2 N–H and O–H groups in total. The van der Waals surface area contributed by atoms with Crippen LogP contribution in [0, 0.1) is 0 Å². The minimum atomic E-state index is -0.508. The molecule has 16 heavy (non-hydrogen) atoms. The number of rotatable bonds is 5. The van der Waals surface area contributed by atoms with E-state index in [1.54, 1.807) is 24.7 Å². The zero-order chi connectivity index (χ0) is 12.0. The van der Waals surface area contributed by atoms with Crippen molar-refractivity contribution in [2.45, 2.75) is 0 Å². The molecule has 0 spiro atoms. The second-order valence-corrected chi connectivity index (χ2v) is 3.40. The number of methoxy groups -OCH3 is 1. The predicted octanol–water partition coefficient (Wildman–Crippen LogP) is 0.888. The van der Waals surface area contributed by atoms with Crippen molar-refractivity contribution in [3.05, 3.63) is 29.8 Å². The second-order valence-electron chi connectivity index (χ2n) is 3.40. The number of nitrogens with zero attached hydrogens (tertiary/aromatic N) is 1. The van der Waals surface area contributed by atoms with Gasteiger partial charge in [-0.25, -0.2) is 5.48 Å². The van der Waals surface area contributed by atoms with E-state index in [1.807, 2.05) is 24.1 Å². The molecule has 0 fully saturated rings. The van der Waals surface area contributed by atoms with Crippen molar-refractivity contribution in [3.8, 4) is 0 Å². The average Bonchev–Trinajstić information content (AvgIpc) is 2.35. The van der Waals surface area contributed by atoms with Gasteiger partial charge in [-0.15, -0.1) is 0 Å². The van der Waals surface area contributed by atoms with Gasteiger partial charge in [0.15, 0.2) is 0 Å². The predicted molar refractivity (Wildman–Crippen MR) is 60.8 cm³/mol. The average molecular weight is 224 g/mol. The number of benzene rings is 1. The zero-order valence-corrected chi connectivity index (χ0v) is 9.43. The molecule has 0 unspecified atom stereocenters. The monoisotopic (exact) mass is 224 g/mol. The Morgan fingerprint density at radius 1 is 1.44 bits per heavy atom. The van der Waals surface area contributed by atoms with Crippen molar-refractivity contribution in [2.24, 2.45) is 0 Å².